The predicted molar refractivity (Wildman–Crippen MR) is 104 cm³/mol. The molecule has 1 aliphatic heterocycles. The van der Waals surface area contributed by atoms with Crippen molar-refractivity contribution in [2.45, 2.75) is 25.3 Å². The molecule has 0 atom stereocenters. The van der Waals surface area contributed by atoms with E-state index in [2.05, 4.69) is 15.5 Å². The molecule has 0 spiro atoms. The molecule has 0 saturated heterocycles. The van der Waals surface area contributed by atoms with Gasteiger partial charge in [0.1, 0.15) is 5.82 Å². The number of thiophene rings is 1. The Morgan fingerprint density at radius 1 is 1.19 bits per heavy atom. The van der Waals surface area contributed by atoms with Crippen LogP contribution in [0.2, 0.25) is 0 Å². The van der Waals surface area contributed by atoms with E-state index in [1.807, 2.05) is 35.7 Å². The molecule has 3 heterocycles. The number of amides is 1. The number of hydrogen-bond acceptors (Lipinski definition) is 5. The van der Waals surface area contributed by atoms with Crippen LogP contribution in [0.1, 0.15) is 21.7 Å². The van der Waals surface area contributed by atoms with Gasteiger partial charge >= 0.3 is 0 Å². The molecular weight excluding hydrogens is 384 g/mol. The van der Waals surface area contributed by atoms with Gasteiger partial charge in [0, 0.05) is 17.0 Å². The highest BCUT2D eigenvalue weighted by Crippen LogP contribution is 2.30. The first-order chi connectivity index (χ1) is 13.0. The van der Waals surface area contributed by atoms with Gasteiger partial charge in [-0.3, -0.25) is 9.89 Å². The first-order valence-corrected chi connectivity index (χ1v) is 10.9. The number of rotatable bonds is 6. The van der Waals surface area contributed by atoms with Crippen molar-refractivity contribution in [2.24, 2.45) is 0 Å². The van der Waals surface area contributed by atoms with Gasteiger partial charge in [-0.05, 0) is 17.0 Å². The van der Waals surface area contributed by atoms with Gasteiger partial charge in [0.2, 0.25) is 15.9 Å². The van der Waals surface area contributed by atoms with E-state index >= 15 is 0 Å². The first kappa shape index (κ1) is 17.9. The molecule has 27 heavy (non-hydrogen) atoms. The predicted octanol–water partition coefficient (Wildman–Crippen LogP) is 2.50. The van der Waals surface area contributed by atoms with Gasteiger partial charge in [0.25, 0.3) is 0 Å². The molecule has 1 aromatic carbocycles. The number of carbonyl (C=O) groups is 1. The van der Waals surface area contributed by atoms with Gasteiger partial charge in [-0.2, -0.15) is 9.40 Å². The zero-order valence-electron chi connectivity index (χ0n) is 14.4. The van der Waals surface area contributed by atoms with Crippen LogP contribution in [0.5, 0.6) is 0 Å². The van der Waals surface area contributed by atoms with Crippen molar-refractivity contribution in [3.63, 3.8) is 0 Å². The molecule has 2 aromatic heterocycles. The molecule has 0 aliphatic carbocycles. The van der Waals surface area contributed by atoms with Crippen LogP contribution in [0, 0.1) is 0 Å². The molecule has 2 N–H and O–H groups in total. The number of carbonyl (C=O) groups excluding carboxylic acids is 1. The summed E-state index contributed by atoms with van der Waals surface area (Å²) >= 11 is 1.52. The molecule has 1 aliphatic rings. The number of aromatic amines is 1. The van der Waals surface area contributed by atoms with Gasteiger partial charge in [-0.15, -0.1) is 11.3 Å². The summed E-state index contributed by atoms with van der Waals surface area (Å²) in [4.78, 5) is 13.2. The fourth-order valence-electron chi connectivity index (χ4n) is 3.03. The zero-order chi connectivity index (χ0) is 18.9. The number of sulfonamides is 1. The molecule has 0 fully saturated rings. The summed E-state index contributed by atoms with van der Waals surface area (Å²) in [5.41, 5.74) is 2.12. The van der Waals surface area contributed by atoms with Crippen molar-refractivity contribution in [2.75, 3.05) is 5.32 Å². The summed E-state index contributed by atoms with van der Waals surface area (Å²) in [6.07, 6.45) is 0.279. The molecule has 9 heteroatoms. The van der Waals surface area contributed by atoms with Crippen LogP contribution in [-0.2, 0) is 40.1 Å². The molecule has 4 rings (SSSR count). The lowest BCUT2D eigenvalue weighted by Gasteiger charge is -2.16. The molecule has 140 valence electrons. The third-order valence-corrected chi connectivity index (χ3v) is 7.00. The number of fused-ring (bicyclic) bond motifs is 1. The summed E-state index contributed by atoms with van der Waals surface area (Å²) in [6.45, 7) is 0.414. The number of nitrogens with zero attached hydrogens (tertiary/aromatic N) is 2. The van der Waals surface area contributed by atoms with Crippen molar-refractivity contribution in [1.82, 2.24) is 14.5 Å². The Labute approximate surface area is 161 Å². The van der Waals surface area contributed by atoms with E-state index in [-0.39, 0.29) is 31.2 Å². The molecule has 0 bridgehead atoms. The molecule has 0 saturated carbocycles. The maximum atomic E-state index is 12.7. The summed E-state index contributed by atoms with van der Waals surface area (Å²) in [5, 5.41) is 11.7. The highest BCUT2D eigenvalue weighted by Gasteiger charge is 2.33. The van der Waals surface area contributed by atoms with Crippen molar-refractivity contribution in [1.29, 1.82) is 0 Å². The van der Waals surface area contributed by atoms with Crippen molar-refractivity contribution < 1.29 is 13.2 Å². The lowest BCUT2D eigenvalue weighted by atomic mass is 10.2. The lowest BCUT2D eigenvalue weighted by molar-refractivity contribution is -0.115. The van der Waals surface area contributed by atoms with E-state index in [1.165, 1.54) is 15.6 Å². The van der Waals surface area contributed by atoms with Crippen LogP contribution in [0.15, 0.2) is 47.8 Å². The fourth-order valence-corrected chi connectivity index (χ4v) is 5.18. The highest BCUT2D eigenvalue weighted by atomic mass is 32.2. The van der Waals surface area contributed by atoms with E-state index in [4.69, 9.17) is 0 Å². The fraction of sp³-hybridized carbons (Fsp3) is 0.222. The standard InChI is InChI=1S/C18H18N4O3S2/c23-17(9-14-7-4-8-26-14)19-18-15-10-22(11-16(15)20-21-18)27(24,25)12-13-5-2-1-3-6-13/h1-8H,9-12H2,(H2,19,20,21,23). The van der Waals surface area contributed by atoms with Gasteiger partial charge in [-0.1, -0.05) is 36.4 Å². The Balaban J connectivity index is 1.44. The average Bonchev–Trinajstić information content (AvgIpc) is 3.34. The molecule has 0 unspecified atom stereocenters. The van der Waals surface area contributed by atoms with Crippen molar-refractivity contribution in [3.05, 3.63) is 69.5 Å². The molecule has 1 amide bonds. The average molecular weight is 403 g/mol. The third-order valence-electron chi connectivity index (χ3n) is 4.38. The number of nitrogens with one attached hydrogen (secondary N) is 2. The maximum absolute atomic E-state index is 12.7. The van der Waals surface area contributed by atoms with Crippen LogP contribution < -0.4 is 5.32 Å². The second-order valence-corrected chi connectivity index (χ2v) is 9.34. The lowest BCUT2D eigenvalue weighted by Crippen LogP contribution is -2.27. The maximum Gasteiger partial charge on any atom is 0.230 e. The minimum Gasteiger partial charge on any atom is -0.310 e. The summed E-state index contributed by atoms with van der Waals surface area (Å²) in [7, 11) is -3.47. The van der Waals surface area contributed by atoms with Gasteiger partial charge in [0.05, 0.1) is 24.4 Å². The van der Waals surface area contributed by atoms with Crippen LogP contribution >= 0.6 is 11.3 Å². The van der Waals surface area contributed by atoms with E-state index in [9.17, 15) is 13.2 Å². The number of aromatic nitrogens is 2. The molecular formula is C18H18N4O3S2. The Bertz CT molecular complexity index is 1040. The Morgan fingerprint density at radius 3 is 2.74 bits per heavy atom. The number of H-pyrrole nitrogens is 1. The quantitative estimate of drug-likeness (QED) is 0.662. The third kappa shape index (κ3) is 3.95. The Morgan fingerprint density at radius 2 is 2.00 bits per heavy atom. The largest absolute Gasteiger partial charge is 0.310 e. The number of hydrogen-bond donors (Lipinski definition) is 2. The summed E-state index contributed by atoms with van der Waals surface area (Å²) in [6, 6.07) is 12.9. The Hall–Kier alpha value is -2.49. The van der Waals surface area contributed by atoms with Crippen LogP contribution in [0.3, 0.4) is 0 Å². The topological polar surface area (TPSA) is 95.2 Å². The van der Waals surface area contributed by atoms with E-state index in [0.29, 0.717) is 11.5 Å². The second-order valence-electron chi connectivity index (χ2n) is 6.34. The Kier molecular flexibility index (Phi) is 4.81. The smallest absolute Gasteiger partial charge is 0.230 e. The normalized spacial score (nSPS) is 14.2. The second kappa shape index (κ2) is 7.26. The SMILES string of the molecule is O=C(Cc1cccs1)Nc1[nH]nc2c1CN(S(=O)(=O)Cc1ccccc1)C2. The van der Waals surface area contributed by atoms with Crippen LogP contribution in [-0.4, -0.2) is 28.8 Å². The minimum absolute atomic E-state index is 0.0537. The number of anilines is 1. The minimum atomic E-state index is -3.47. The molecule has 7 nitrogen and oxygen atoms in total. The first-order valence-electron chi connectivity index (χ1n) is 8.41. The summed E-state index contributed by atoms with van der Waals surface area (Å²) in [5.74, 6) is 0.264. The van der Waals surface area contributed by atoms with Gasteiger partial charge < -0.3 is 5.32 Å². The van der Waals surface area contributed by atoms with Crippen molar-refractivity contribution >= 4 is 33.1 Å². The monoisotopic (exact) mass is 402 g/mol. The van der Waals surface area contributed by atoms with Crippen LogP contribution in [0.4, 0.5) is 5.82 Å². The van der Waals surface area contributed by atoms with Crippen molar-refractivity contribution in [3.8, 4) is 0 Å². The summed E-state index contributed by atoms with van der Waals surface area (Å²) < 4.78 is 26.8. The van der Waals surface area contributed by atoms with E-state index in [1.54, 1.807) is 12.1 Å². The van der Waals surface area contributed by atoms with Crippen LogP contribution in [0.25, 0.3) is 0 Å². The van der Waals surface area contributed by atoms with Gasteiger partial charge in [-0.25, -0.2) is 8.42 Å². The highest BCUT2D eigenvalue weighted by molar-refractivity contribution is 7.88. The molecule has 3 aromatic rings. The molecule has 0 radical (unpaired) electrons. The van der Waals surface area contributed by atoms with E-state index in [0.717, 1.165) is 16.0 Å². The van der Waals surface area contributed by atoms with E-state index < -0.39 is 10.0 Å². The van der Waals surface area contributed by atoms with Gasteiger partial charge in [0.15, 0.2) is 0 Å². The number of benzene rings is 1. The zero-order valence-corrected chi connectivity index (χ0v) is 16.0.